The maximum Gasteiger partial charge on any atom is 0.166 e. The van der Waals surface area contributed by atoms with Gasteiger partial charge in [-0.15, -0.1) is 0 Å². The highest BCUT2D eigenvalue weighted by Crippen LogP contribution is 2.20. The first-order valence-electron chi connectivity index (χ1n) is 5.03. The van der Waals surface area contributed by atoms with Crippen molar-refractivity contribution >= 4 is 12.7 Å². The summed E-state index contributed by atoms with van der Waals surface area (Å²) in [7, 11) is 1.18. The minimum atomic E-state index is 0.608. The van der Waals surface area contributed by atoms with Crippen LogP contribution in [-0.2, 0) is 0 Å². The quantitative estimate of drug-likeness (QED) is 0.588. The Morgan fingerprint density at radius 2 is 2.23 bits per heavy atom. The molecular weight excluding hydrogens is 159 g/mol. The van der Waals surface area contributed by atoms with Gasteiger partial charge in [0.25, 0.3) is 0 Å². The summed E-state index contributed by atoms with van der Waals surface area (Å²) < 4.78 is 5.61. The molecule has 1 aromatic rings. The van der Waals surface area contributed by atoms with E-state index in [1.165, 1.54) is 18.3 Å². The predicted octanol–water partition coefficient (Wildman–Crippen LogP) is 1.68. The molecule has 0 spiro atoms. The van der Waals surface area contributed by atoms with Crippen LogP contribution in [0.1, 0.15) is 25.3 Å². The van der Waals surface area contributed by atoms with Crippen LogP contribution in [0.25, 0.3) is 0 Å². The highest BCUT2D eigenvalue weighted by molar-refractivity contribution is 6.55. The molecule has 0 saturated heterocycles. The number of fused-ring (bicyclic) bond motifs is 1. The summed E-state index contributed by atoms with van der Waals surface area (Å²) in [6.07, 6.45) is 1.16. The van der Waals surface area contributed by atoms with Crippen LogP contribution in [0.2, 0.25) is 6.32 Å². The molecule has 2 heteroatoms. The topological polar surface area (TPSA) is 9.23 Å². The molecule has 0 aromatic heterocycles. The largest absolute Gasteiger partial charge is 0.495 e. The smallest absolute Gasteiger partial charge is 0.166 e. The van der Waals surface area contributed by atoms with E-state index in [1.807, 2.05) is 0 Å². The van der Waals surface area contributed by atoms with E-state index in [4.69, 9.17) is 4.74 Å². The summed E-state index contributed by atoms with van der Waals surface area (Å²) in [6.45, 7) is 5.36. The molecule has 0 atom stereocenters. The molecule has 1 nitrogen and oxygen atoms in total. The van der Waals surface area contributed by atoms with Gasteiger partial charge in [0.15, 0.2) is 7.28 Å². The Hall–Kier alpha value is -0.915. The van der Waals surface area contributed by atoms with Crippen molar-refractivity contribution in [2.45, 2.75) is 26.1 Å². The molecule has 1 aromatic carbocycles. The second-order valence-electron chi connectivity index (χ2n) is 3.93. The molecule has 1 heterocycles. The van der Waals surface area contributed by atoms with Gasteiger partial charge in [0.1, 0.15) is 5.75 Å². The van der Waals surface area contributed by atoms with Crippen LogP contribution in [0.4, 0.5) is 0 Å². The number of ether oxygens (including phenoxy) is 1. The van der Waals surface area contributed by atoms with Crippen molar-refractivity contribution in [2.75, 3.05) is 6.61 Å². The highest BCUT2D eigenvalue weighted by atomic mass is 16.5. The highest BCUT2D eigenvalue weighted by Gasteiger charge is 2.16. The Balaban J connectivity index is 2.46. The van der Waals surface area contributed by atoms with Crippen LogP contribution in [0.15, 0.2) is 18.2 Å². The van der Waals surface area contributed by atoms with Gasteiger partial charge in [-0.1, -0.05) is 26.0 Å². The maximum atomic E-state index is 5.61. The molecular formula is C11H15BO. The zero-order chi connectivity index (χ0) is 9.26. The summed E-state index contributed by atoms with van der Waals surface area (Å²) in [5.41, 5.74) is 2.89. The second kappa shape index (κ2) is 3.45. The number of hydrogen-bond acceptors (Lipinski definition) is 1. The lowest BCUT2D eigenvalue weighted by Gasteiger charge is -2.21. The summed E-state index contributed by atoms with van der Waals surface area (Å²) in [5, 5.41) is 0. The molecule has 0 saturated carbocycles. The van der Waals surface area contributed by atoms with E-state index in [1.54, 1.807) is 0 Å². The molecule has 68 valence electrons. The maximum absolute atomic E-state index is 5.61. The van der Waals surface area contributed by atoms with Gasteiger partial charge in [-0.25, -0.2) is 0 Å². The molecule has 0 fully saturated rings. The number of benzene rings is 1. The van der Waals surface area contributed by atoms with Gasteiger partial charge < -0.3 is 4.74 Å². The van der Waals surface area contributed by atoms with E-state index in [-0.39, 0.29) is 0 Å². The minimum absolute atomic E-state index is 0.608. The van der Waals surface area contributed by atoms with Crippen molar-refractivity contribution in [2.24, 2.45) is 0 Å². The van der Waals surface area contributed by atoms with Crippen LogP contribution in [0, 0.1) is 0 Å². The van der Waals surface area contributed by atoms with E-state index < -0.39 is 0 Å². The van der Waals surface area contributed by atoms with Gasteiger partial charge in [-0.2, -0.15) is 0 Å². The Kier molecular flexibility index (Phi) is 2.30. The molecule has 0 unspecified atom stereocenters. The average molecular weight is 174 g/mol. The minimum Gasteiger partial charge on any atom is -0.495 e. The third-order valence-corrected chi connectivity index (χ3v) is 2.62. The molecule has 1 aliphatic rings. The van der Waals surface area contributed by atoms with Gasteiger partial charge >= 0.3 is 0 Å². The molecule has 0 radical (unpaired) electrons. The first kappa shape index (κ1) is 8.67. The van der Waals surface area contributed by atoms with Crippen LogP contribution >= 0.6 is 0 Å². The van der Waals surface area contributed by atoms with Crippen LogP contribution < -0.4 is 10.2 Å². The van der Waals surface area contributed by atoms with Crippen molar-refractivity contribution < 1.29 is 4.74 Å². The zero-order valence-corrected chi connectivity index (χ0v) is 8.34. The van der Waals surface area contributed by atoms with Crippen molar-refractivity contribution in [1.29, 1.82) is 0 Å². The van der Waals surface area contributed by atoms with Gasteiger partial charge in [0.05, 0.1) is 6.61 Å². The lowest BCUT2D eigenvalue weighted by Crippen LogP contribution is -2.28. The van der Waals surface area contributed by atoms with Gasteiger partial charge in [0.2, 0.25) is 0 Å². The molecule has 0 N–H and O–H groups in total. The van der Waals surface area contributed by atoms with E-state index in [0.717, 1.165) is 18.7 Å². The van der Waals surface area contributed by atoms with Crippen LogP contribution in [-0.4, -0.2) is 13.9 Å². The first-order chi connectivity index (χ1) is 6.29. The standard InChI is InChI=1S/C11H15BO/c1-8(2)9-4-3-5-10-11(9)12-6-7-13-10/h3-5,8,12H,6-7H2,1-2H3. The third-order valence-electron chi connectivity index (χ3n) is 2.62. The first-order valence-corrected chi connectivity index (χ1v) is 5.03. The molecule has 13 heavy (non-hydrogen) atoms. The van der Waals surface area contributed by atoms with Crippen molar-refractivity contribution in [3.63, 3.8) is 0 Å². The van der Waals surface area contributed by atoms with Gasteiger partial charge in [-0.3, -0.25) is 0 Å². The Bertz CT molecular complexity index is 307. The van der Waals surface area contributed by atoms with Gasteiger partial charge in [0, 0.05) is 0 Å². The van der Waals surface area contributed by atoms with E-state index in [9.17, 15) is 0 Å². The molecule has 0 amide bonds. The number of hydrogen-bond donors (Lipinski definition) is 0. The Morgan fingerprint density at radius 1 is 1.38 bits per heavy atom. The fraction of sp³-hybridized carbons (Fsp3) is 0.455. The monoisotopic (exact) mass is 174 g/mol. The van der Waals surface area contributed by atoms with Crippen LogP contribution in [0.3, 0.4) is 0 Å². The fourth-order valence-electron chi connectivity index (χ4n) is 1.96. The normalized spacial score (nSPS) is 14.7. The zero-order valence-electron chi connectivity index (χ0n) is 8.34. The van der Waals surface area contributed by atoms with Crippen LogP contribution in [0.5, 0.6) is 5.75 Å². The van der Waals surface area contributed by atoms with Crippen molar-refractivity contribution in [3.05, 3.63) is 23.8 Å². The molecule has 1 aliphatic heterocycles. The van der Waals surface area contributed by atoms with E-state index in [0.29, 0.717) is 5.92 Å². The summed E-state index contributed by atoms with van der Waals surface area (Å²) >= 11 is 0. The van der Waals surface area contributed by atoms with Crippen molar-refractivity contribution in [1.82, 2.24) is 0 Å². The van der Waals surface area contributed by atoms with E-state index >= 15 is 0 Å². The fourth-order valence-corrected chi connectivity index (χ4v) is 1.96. The van der Waals surface area contributed by atoms with Crippen molar-refractivity contribution in [3.8, 4) is 5.75 Å². The summed E-state index contributed by atoms with van der Waals surface area (Å²) in [6, 6.07) is 6.40. The van der Waals surface area contributed by atoms with E-state index in [2.05, 4.69) is 32.0 Å². The Labute approximate surface area is 80.4 Å². The SMILES string of the molecule is CC(C)c1cccc2c1BCCO2. The average Bonchev–Trinajstić information content (AvgIpc) is 2.17. The molecule has 0 aliphatic carbocycles. The second-order valence-corrected chi connectivity index (χ2v) is 3.93. The molecule has 0 bridgehead atoms. The summed E-state index contributed by atoms with van der Waals surface area (Å²) in [4.78, 5) is 0. The Morgan fingerprint density at radius 3 is 3.00 bits per heavy atom. The molecule has 2 rings (SSSR count). The predicted molar refractivity (Wildman–Crippen MR) is 57.6 cm³/mol. The lowest BCUT2D eigenvalue weighted by molar-refractivity contribution is 0.337. The summed E-state index contributed by atoms with van der Waals surface area (Å²) in [5.74, 6) is 1.72. The lowest BCUT2D eigenvalue weighted by atomic mass is 9.63. The number of rotatable bonds is 1. The van der Waals surface area contributed by atoms with Gasteiger partial charge in [-0.05, 0) is 29.3 Å². The third kappa shape index (κ3) is 1.58.